The fraction of sp³-hybridized carbons (Fsp3) is 0. The molecule has 262 valence electrons. The van der Waals surface area contributed by atoms with E-state index >= 15 is 0 Å². The minimum atomic E-state index is 0.682. The third-order valence-electron chi connectivity index (χ3n) is 10.7. The topological polar surface area (TPSA) is 65.0 Å². The molecule has 0 fully saturated rings. The van der Waals surface area contributed by atoms with Gasteiger partial charge in [0.15, 0.2) is 5.82 Å². The highest BCUT2D eigenvalue weighted by Crippen LogP contribution is 2.43. The van der Waals surface area contributed by atoms with E-state index in [-0.39, 0.29) is 0 Å². The Labute approximate surface area is 322 Å². The molecule has 0 N–H and O–H groups in total. The summed E-state index contributed by atoms with van der Waals surface area (Å²) in [4.78, 5) is 14.3. The lowest BCUT2D eigenvalue weighted by Gasteiger charge is -2.11. The standard InChI is InChI=1S/C51H31N3O2/c1-2-8-37(9-3-1)51-53-44(35-18-14-32(15-19-35)33-26-28-52-29-27-33)31-45(54-51)36-20-16-34(17-21-36)40-24-23-39(49-42-11-5-7-13-47(42)56-50(40)49)38-22-25-48-43(30-38)41-10-4-6-12-46(41)55-48/h1-31H. The summed E-state index contributed by atoms with van der Waals surface area (Å²) in [6, 6.07) is 60.7. The summed E-state index contributed by atoms with van der Waals surface area (Å²) in [5.74, 6) is 0.682. The van der Waals surface area contributed by atoms with Crippen molar-refractivity contribution in [1.29, 1.82) is 0 Å². The molecule has 11 aromatic rings. The Morgan fingerprint density at radius 1 is 0.339 bits per heavy atom. The van der Waals surface area contributed by atoms with Gasteiger partial charge in [-0.15, -0.1) is 0 Å². The molecular weight excluding hydrogens is 687 g/mol. The Morgan fingerprint density at radius 2 is 0.893 bits per heavy atom. The van der Waals surface area contributed by atoms with Crippen LogP contribution in [0.15, 0.2) is 197 Å². The summed E-state index contributed by atoms with van der Waals surface area (Å²) in [7, 11) is 0. The molecule has 4 aromatic heterocycles. The zero-order chi connectivity index (χ0) is 37.0. The van der Waals surface area contributed by atoms with Crippen LogP contribution in [0.3, 0.4) is 0 Å². The first kappa shape index (κ1) is 31.9. The molecule has 0 bridgehead atoms. The summed E-state index contributed by atoms with van der Waals surface area (Å²) in [5.41, 5.74) is 14.8. The Morgan fingerprint density at radius 3 is 1.62 bits per heavy atom. The van der Waals surface area contributed by atoms with Crippen LogP contribution in [0.1, 0.15) is 0 Å². The highest BCUT2D eigenvalue weighted by Gasteiger charge is 2.19. The van der Waals surface area contributed by atoms with Crippen LogP contribution in [0.2, 0.25) is 0 Å². The van der Waals surface area contributed by atoms with E-state index in [4.69, 9.17) is 18.8 Å². The molecule has 7 aromatic carbocycles. The molecule has 0 aliphatic carbocycles. The number of aromatic nitrogens is 3. The molecule has 0 aliphatic rings. The van der Waals surface area contributed by atoms with Gasteiger partial charge in [0.2, 0.25) is 0 Å². The van der Waals surface area contributed by atoms with Gasteiger partial charge in [0.1, 0.15) is 22.3 Å². The number of nitrogens with zero attached hydrogens (tertiary/aromatic N) is 3. The molecule has 5 heteroatoms. The van der Waals surface area contributed by atoms with E-state index in [9.17, 15) is 0 Å². The van der Waals surface area contributed by atoms with Gasteiger partial charge in [-0.05, 0) is 76.3 Å². The smallest absolute Gasteiger partial charge is 0.160 e. The van der Waals surface area contributed by atoms with Crippen LogP contribution in [0.25, 0.3) is 111 Å². The van der Waals surface area contributed by atoms with Crippen LogP contribution in [0.4, 0.5) is 0 Å². The van der Waals surface area contributed by atoms with Crippen LogP contribution in [0, 0.1) is 0 Å². The summed E-state index contributed by atoms with van der Waals surface area (Å²) in [5, 5.41) is 4.39. The quantitative estimate of drug-likeness (QED) is 0.171. The normalized spacial score (nSPS) is 11.6. The molecule has 0 aliphatic heterocycles. The van der Waals surface area contributed by atoms with Gasteiger partial charge in [0.05, 0.1) is 11.4 Å². The molecule has 0 saturated carbocycles. The van der Waals surface area contributed by atoms with Crippen LogP contribution < -0.4 is 0 Å². The minimum Gasteiger partial charge on any atom is -0.456 e. The number of fused-ring (bicyclic) bond motifs is 6. The van der Waals surface area contributed by atoms with Crippen molar-refractivity contribution >= 4 is 43.9 Å². The average molecular weight is 718 g/mol. The maximum Gasteiger partial charge on any atom is 0.160 e. The van der Waals surface area contributed by atoms with Gasteiger partial charge in [-0.3, -0.25) is 4.98 Å². The minimum absolute atomic E-state index is 0.682. The average Bonchev–Trinajstić information content (AvgIpc) is 3.85. The summed E-state index contributed by atoms with van der Waals surface area (Å²) in [6.07, 6.45) is 3.63. The SMILES string of the molecule is c1ccc(-c2nc(-c3ccc(-c4ccncc4)cc3)cc(-c3ccc(-c4ccc(-c5ccc6oc7ccccc7c6c5)c5c4oc4ccccc45)cc3)n2)cc1. The molecule has 11 rings (SSSR count). The first-order valence-electron chi connectivity index (χ1n) is 18.7. The van der Waals surface area contributed by atoms with Gasteiger partial charge in [-0.2, -0.15) is 0 Å². The zero-order valence-electron chi connectivity index (χ0n) is 30.1. The van der Waals surface area contributed by atoms with Gasteiger partial charge in [0.25, 0.3) is 0 Å². The van der Waals surface area contributed by atoms with Crippen molar-refractivity contribution in [1.82, 2.24) is 15.0 Å². The Bertz CT molecular complexity index is 3220. The van der Waals surface area contributed by atoms with Gasteiger partial charge >= 0.3 is 0 Å². The molecule has 0 atom stereocenters. The van der Waals surface area contributed by atoms with Crippen molar-refractivity contribution in [2.45, 2.75) is 0 Å². The second-order valence-corrected chi connectivity index (χ2v) is 14.0. The van der Waals surface area contributed by atoms with Gasteiger partial charge in [0, 0.05) is 56.2 Å². The Balaban J connectivity index is 1.00. The molecule has 5 nitrogen and oxygen atoms in total. The maximum atomic E-state index is 6.68. The second kappa shape index (κ2) is 13.0. The zero-order valence-corrected chi connectivity index (χ0v) is 30.1. The van der Waals surface area contributed by atoms with Gasteiger partial charge < -0.3 is 8.83 Å². The summed E-state index contributed by atoms with van der Waals surface area (Å²) < 4.78 is 12.8. The Kier molecular flexibility index (Phi) is 7.42. The predicted octanol–water partition coefficient (Wildman–Crippen LogP) is 13.7. The maximum absolute atomic E-state index is 6.68. The number of pyridine rings is 1. The monoisotopic (exact) mass is 717 g/mol. The highest BCUT2D eigenvalue weighted by molar-refractivity contribution is 6.17. The third-order valence-corrected chi connectivity index (χ3v) is 10.7. The van der Waals surface area contributed by atoms with E-state index in [1.807, 2.05) is 67.0 Å². The lowest BCUT2D eigenvalue weighted by Crippen LogP contribution is -1.96. The van der Waals surface area contributed by atoms with Gasteiger partial charge in [-0.25, -0.2) is 9.97 Å². The van der Waals surface area contributed by atoms with Crippen molar-refractivity contribution in [2.24, 2.45) is 0 Å². The molecule has 4 heterocycles. The molecule has 0 spiro atoms. The summed E-state index contributed by atoms with van der Waals surface area (Å²) in [6.45, 7) is 0. The van der Waals surface area contributed by atoms with E-state index in [1.165, 1.54) is 0 Å². The first-order valence-corrected chi connectivity index (χ1v) is 18.7. The number of benzene rings is 7. The molecule has 0 amide bonds. The number of para-hydroxylation sites is 2. The summed E-state index contributed by atoms with van der Waals surface area (Å²) >= 11 is 0. The number of furan rings is 2. The highest BCUT2D eigenvalue weighted by atomic mass is 16.3. The van der Waals surface area contributed by atoms with Crippen molar-refractivity contribution < 1.29 is 8.83 Å². The molecule has 0 radical (unpaired) electrons. The fourth-order valence-electron chi connectivity index (χ4n) is 7.85. The van der Waals surface area contributed by atoms with E-state index in [0.717, 1.165) is 105 Å². The number of rotatable bonds is 6. The van der Waals surface area contributed by atoms with E-state index in [2.05, 4.69) is 126 Å². The van der Waals surface area contributed by atoms with Gasteiger partial charge in [-0.1, -0.05) is 127 Å². The van der Waals surface area contributed by atoms with Crippen LogP contribution in [-0.2, 0) is 0 Å². The van der Waals surface area contributed by atoms with Crippen LogP contribution >= 0.6 is 0 Å². The van der Waals surface area contributed by atoms with E-state index in [1.54, 1.807) is 0 Å². The van der Waals surface area contributed by atoms with E-state index < -0.39 is 0 Å². The molecule has 0 unspecified atom stereocenters. The number of hydrogen-bond donors (Lipinski definition) is 0. The number of hydrogen-bond acceptors (Lipinski definition) is 5. The van der Waals surface area contributed by atoms with Crippen LogP contribution in [-0.4, -0.2) is 15.0 Å². The first-order chi connectivity index (χ1) is 27.7. The molecule has 56 heavy (non-hydrogen) atoms. The lowest BCUT2D eigenvalue weighted by molar-refractivity contribution is 0.669. The second-order valence-electron chi connectivity index (χ2n) is 14.0. The molecular formula is C51H31N3O2. The Hall–Kier alpha value is -7.63. The van der Waals surface area contributed by atoms with Crippen molar-refractivity contribution in [2.75, 3.05) is 0 Å². The van der Waals surface area contributed by atoms with Crippen LogP contribution in [0.5, 0.6) is 0 Å². The van der Waals surface area contributed by atoms with Crippen molar-refractivity contribution in [3.05, 3.63) is 188 Å². The largest absolute Gasteiger partial charge is 0.456 e. The lowest BCUT2D eigenvalue weighted by atomic mass is 9.93. The third kappa shape index (κ3) is 5.45. The molecule has 0 saturated heterocycles. The predicted molar refractivity (Wildman–Crippen MR) is 227 cm³/mol. The van der Waals surface area contributed by atoms with Crippen molar-refractivity contribution in [3.63, 3.8) is 0 Å². The van der Waals surface area contributed by atoms with E-state index in [0.29, 0.717) is 5.82 Å². The fourth-order valence-corrected chi connectivity index (χ4v) is 7.85. The van der Waals surface area contributed by atoms with Crippen molar-refractivity contribution in [3.8, 4) is 67.3 Å².